The predicted octanol–water partition coefficient (Wildman–Crippen LogP) is 2.29. The second-order valence-electron chi connectivity index (χ2n) is 3.74. The molecule has 0 radical (unpaired) electrons. The summed E-state index contributed by atoms with van der Waals surface area (Å²) in [6.07, 6.45) is 5.66. The first-order valence-electron chi connectivity index (χ1n) is 5.13. The maximum atomic E-state index is 11.3. The molecule has 0 aromatic carbocycles. The molecule has 0 spiro atoms. The monoisotopic (exact) mass is 224 g/mol. The van der Waals surface area contributed by atoms with E-state index in [1.165, 1.54) is 0 Å². The topological polar surface area (TPSA) is 33.2 Å². The number of ketones is 1. The van der Waals surface area contributed by atoms with Crippen LogP contribution in [0.15, 0.2) is 18.5 Å². The quantitative estimate of drug-likeness (QED) is 0.734. The number of aromatic nitrogens is 1. The van der Waals surface area contributed by atoms with Gasteiger partial charge in [0.1, 0.15) is 5.78 Å². The molecule has 2 heterocycles. The highest BCUT2D eigenvalue weighted by molar-refractivity contribution is 6.30. The van der Waals surface area contributed by atoms with Crippen molar-refractivity contribution in [3.63, 3.8) is 0 Å². The third kappa shape index (κ3) is 2.69. The van der Waals surface area contributed by atoms with Crippen LogP contribution in [0.5, 0.6) is 0 Å². The van der Waals surface area contributed by atoms with Gasteiger partial charge in [-0.3, -0.25) is 9.78 Å². The van der Waals surface area contributed by atoms with E-state index in [0.717, 1.165) is 25.2 Å². The average Bonchev–Trinajstić information content (AvgIpc) is 2.43. The highest BCUT2D eigenvalue weighted by Crippen LogP contribution is 2.20. The van der Waals surface area contributed by atoms with Crippen molar-refractivity contribution in [1.29, 1.82) is 0 Å². The van der Waals surface area contributed by atoms with Crippen LogP contribution in [0.3, 0.4) is 0 Å². The molecule has 0 atom stereocenters. The summed E-state index contributed by atoms with van der Waals surface area (Å²) in [6.45, 7) is 1.69. The molecular weight excluding hydrogens is 212 g/mol. The predicted molar refractivity (Wildman–Crippen MR) is 60.3 cm³/mol. The Bertz CT molecular complexity index is 367. The normalized spacial score (nSPS) is 17.7. The SMILES string of the molecule is O=C1CCCN(c2cncc(Cl)c2)CC1. The lowest BCUT2D eigenvalue weighted by Crippen LogP contribution is -2.24. The Morgan fingerprint density at radius 3 is 2.93 bits per heavy atom. The highest BCUT2D eigenvalue weighted by Gasteiger charge is 2.14. The van der Waals surface area contributed by atoms with Crippen LogP contribution in [0.25, 0.3) is 0 Å². The van der Waals surface area contributed by atoms with Gasteiger partial charge < -0.3 is 4.90 Å². The van der Waals surface area contributed by atoms with E-state index >= 15 is 0 Å². The summed E-state index contributed by atoms with van der Waals surface area (Å²) in [5.41, 5.74) is 1.01. The minimum Gasteiger partial charge on any atom is -0.370 e. The van der Waals surface area contributed by atoms with Crippen LogP contribution in [0.2, 0.25) is 5.02 Å². The summed E-state index contributed by atoms with van der Waals surface area (Å²) >= 11 is 5.88. The van der Waals surface area contributed by atoms with Gasteiger partial charge in [0, 0.05) is 32.1 Å². The standard InChI is InChI=1S/C11H13ClN2O/c12-9-6-10(8-13-7-9)14-4-1-2-11(15)3-5-14/h6-8H,1-5H2. The zero-order chi connectivity index (χ0) is 10.7. The van der Waals surface area contributed by atoms with Gasteiger partial charge in [-0.2, -0.15) is 0 Å². The fourth-order valence-corrected chi connectivity index (χ4v) is 1.96. The van der Waals surface area contributed by atoms with E-state index in [1.807, 2.05) is 6.07 Å². The van der Waals surface area contributed by atoms with Gasteiger partial charge in [-0.15, -0.1) is 0 Å². The van der Waals surface area contributed by atoms with Crippen molar-refractivity contribution in [3.8, 4) is 0 Å². The number of nitrogens with zero attached hydrogens (tertiary/aromatic N) is 2. The number of carbonyl (C=O) groups is 1. The van der Waals surface area contributed by atoms with Crippen molar-refractivity contribution < 1.29 is 4.79 Å². The summed E-state index contributed by atoms with van der Waals surface area (Å²) < 4.78 is 0. The Balaban J connectivity index is 2.13. The largest absolute Gasteiger partial charge is 0.370 e. The van der Waals surface area contributed by atoms with E-state index in [1.54, 1.807) is 12.4 Å². The van der Waals surface area contributed by atoms with Crippen LogP contribution < -0.4 is 4.90 Å². The number of hydrogen-bond acceptors (Lipinski definition) is 3. The number of pyridine rings is 1. The Morgan fingerprint density at radius 1 is 1.27 bits per heavy atom. The average molecular weight is 225 g/mol. The molecule has 1 aromatic heterocycles. The van der Waals surface area contributed by atoms with Crippen molar-refractivity contribution in [2.24, 2.45) is 0 Å². The molecule has 4 heteroatoms. The Hall–Kier alpha value is -1.09. The van der Waals surface area contributed by atoms with Crippen molar-refractivity contribution in [2.45, 2.75) is 19.3 Å². The van der Waals surface area contributed by atoms with Crippen LogP contribution in [-0.4, -0.2) is 23.9 Å². The van der Waals surface area contributed by atoms with Crippen molar-refractivity contribution in [3.05, 3.63) is 23.5 Å². The number of hydrogen-bond donors (Lipinski definition) is 0. The fourth-order valence-electron chi connectivity index (χ4n) is 1.80. The van der Waals surface area contributed by atoms with Crippen LogP contribution in [0.4, 0.5) is 5.69 Å². The van der Waals surface area contributed by atoms with Gasteiger partial charge in [0.05, 0.1) is 16.9 Å². The molecule has 1 aliphatic heterocycles. The molecule has 2 rings (SSSR count). The first kappa shape index (κ1) is 10.4. The molecule has 80 valence electrons. The van der Waals surface area contributed by atoms with Gasteiger partial charge in [-0.1, -0.05) is 11.6 Å². The van der Waals surface area contributed by atoms with Gasteiger partial charge in [-0.25, -0.2) is 0 Å². The van der Waals surface area contributed by atoms with Crippen molar-refractivity contribution in [1.82, 2.24) is 4.98 Å². The van der Waals surface area contributed by atoms with Gasteiger partial charge in [0.2, 0.25) is 0 Å². The summed E-state index contributed by atoms with van der Waals surface area (Å²) in [6, 6.07) is 1.89. The molecule has 3 nitrogen and oxygen atoms in total. The summed E-state index contributed by atoms with van der Waals surface area (Å²) in [4.78, 5) is 17.5. The van der Waals surface area contributed by atoms with Gasteiger partial charge in [0.25, 0.3) is 0 Å². The molecule has 15 heavy (non-hydrogen) atoms. The zero-order valence-corrected chi connectivity index (χ0v) is 9.20. The molecule has 1 aliphatic rings. The van der Waals surface area contributed by atoms with E-state index in [2.05, 4.69) is 9.88 Å². The highest BCUT2D eigenvalue weighted by atomic mass is 35.5. The lowest BCUT2D eigenvalue weighted by Gasteiger charge is -2.21. The lowest BCUT2D eigenvalue weighted by molar-refractivity contribution is -0.118. The second-order valence-corrected chi connectivity index (χ2v) is 4.18. The maximum absolute atomic E-state index is 11.3. The summed E-state index contributed by atoms with van der Waals surface area (Å²) in [5, 5.41) is 0.642. The number of rotatable bonds is 1. The number of anilines is 1. The summed E-state index contributed by atoms with van der Waals surface area (Å²) in [5.74, 6) is 0.354. The third-order valence-electron chi connectivity index (χ3n) is 2.60. The molecule has 0 amide bonds. The Labute approximate surface area is 94.1 Å². The third-order valence-corrected chi connectivity index (χ3v) is 2.81. The number of Topliss-reactive ketones (excluding diaryl/α,β-unsaturated/α-hetero) is 1. The molecule has 1 fully saturated rings. The van der Waals surface area contributed by atoms with Crippen LogP contribution >= 0.6 is 11.6 Å². The molecule has 0 unspecified atom stereocenters. The first-order chi connectivity index (χ1) is 7.25. The Kier molecular flexibility index (Phi) is 3.21. The van der Waals surface area contributed by atoms with Gasteiger partial charge >= 0.3 is 0 Å². The minimum absolute atomic E-state index is 0.354. The second kappa shape index (κ2) is 4.62. The van der Waals surface area contributed by atoms with Gasteiger partial charge in [-0.05, 0) is 12.5 Å². The summed E-state index contributed by atoms with van der Waals surface area (Å²) in [7, 11) is 0. The Morgan fingerprint density at radius 2 is 2.13 bits per heavy atom. The number of carbonyl (C=O) groups excluding carboxylic acids is 1. The van der Waals surface area contributed by atoms with E-state index in [4.69, 9.17) is 11.6 Å². The molecule has 1 aromatic rings. The van der Waals surface area contributed by atoms with Gasteiger partial charge in [0.15, 0.2) is 0 Å². The van der Waals surface area contributed by atoms with E-state index in [9.17, 15) is 4.79 Å². The zero-order valence-electron chi connectivity index (χ0n) is 8.45. The maximum Gasteiger partial charge on any atom is 0.134 e. The van der Waals surface area contributed by atoms with Crippen LogP contribution in [0.1, 0.15) is 19.3 Å². The van der Waals surface area contributed by atoms with E-state index < -0.39 is 0 Å². The molecule has 0 bridgehead atoms. The van der Waals surface area contributed by atoms with E-state index in [0.29, 0.717) is 23.6 Å². The van der Waals surface area contributed by atoms with Crippen LogP contribution in [-0.2, 0) is 4.79 Å². The molecule has 1 saturated heterocycles. The molecule has 0 N–H and O–H groups in total. The molecule has 0 aliphatic carbocycles. The number of halogens is 1. The van der Waals surface area contributed by atoms with E-state index in [-0.39, 0.29) is 0 Å². The fraction of sp³-hybridized carbons (Fsp3) is 0.455. The minimum atomic E-state index is 0.354. The van der Waals surface area contributed by atoms with Crippen molar-refractivity contribution >= 4 is 23.1 Å². The van der Waals surface area contributed by atoms with Crippen molar-refractivity contribution in [2.75, 3.05) is 18.0 Å². The smallest absolute Gasteiger partial charge is 0.134 e. The van der Waals surface area contributed by atoms with Crippen LogP contribution in [0, 0.1) is 0 Å². The lowest BCUT2D eigenvalue weighted by atomic mass is 10.2. The first-order valence-corrected chi connectivity index (χ1v) is 5.51. The molecule has 0 saturated carbocycles. The molecular formula is C11H13ClN2O.